The number of hydrogen-bond acceptors (Lipinski definition) is 5. The summed E-state index contributed by atoms with van der Waals surface area (Å²) in [6.07, 6.45) is 5.54. The van der Waals surface area contributed by atoms with E-state index >= 15 is 0 Å². The van der Waals surface area contributed by atoms with Crippen molar-refractivity contribution in [2.24, 2.45) is 0 Å². The highest BCUT2D eigenvalue weighted by Crippen LogP contribution is 2.40. The van der Waals surface area contributed by atoms with E-state index in [1.54, 1.807) is 6.07 Å². The van der Waals surface area contributed by atoms with Gasteiger partial charge in [-0.1, -0.05) is 5.16 Å². The van der Waals surface area contributed by atoms with Crippen LogP contribution in [0, 0.1) is 0 Å². The molecule has 1 aromatic heterocycles. The predicted octanol–water partition coefficient (Wildman–Crippen LogP) is 1.87. The normalized spacial score (nSPS) is 21.6. The molecule has 1 N–H and O–H groups in total. The number of amides is 1. The highest BCUT2D eigenvalue weighted by atomic mass is 16.5. The van der Waals surface area contributed by atoms with Crippen molar-refractivity contribution in [2.75, 3.05) is 26.4 Å². The van der Waals surface area contributed by atoms with E-state index in [0.29, 0.717) is 31.4 Å². The van der Waals surface area contributed by atoms with E-state index in [1.807, 2.05) is 0 Å². The van der Waals surface area contributed by atoms with Crippen molar-refractivity contribution >= 4 is 5.91 Å². The minimum atomic E-state index is -0.176. The summed E-state index contributed by atoms with van der Waals surface area (Å²) in [6.45, 7) is 2.72. The van der Waals surface area contributed by atoms with Gasteiger partial charge in [-0.2, -0.15) is 0 Å². The Hall–Kier alpha value is -1.40. The largest absolute Gasteiger partial charge is 0.379 e. The van der Waals surface area contributed by atoms with Gasteiger partial charge < -0.3 is 19.3 Å². The van der Waals surface area contributed by atoms with E-state index in [-0.39, 0.29) is 12.0 Å². The fourth-order valence-corrected chi connectivity index (χ4v) is 2.41. The first-order valence-electron chi connectivity index (χ1n) is 7.77. The van der Waals surface area contributed by atoms with Crippen LogP contribution >= 0.6 is 0 Å². The van der Waals surface area contributed by atoms with E-state index in [4.69, 9.17) is 14.0 Å². The van der Waals surface area contributed by atoms with Gasteiger partial charge in [0.15, 0.2) is 5.69 Å². The third-order valence-electron chi connectivity index (χ3n) is 3.82. The Balaban J connectivity index is 1.26. The molecule has 1 amide bonds. The van der Waals surface area contributed by atoms with E-state index in [0.717, 1.165) is 44.5 Å². The number of rotatable bonds is 8. The van der Waals surface area contributed by atoms with E-state index < -0.39 is 0 Å². The van der Waals surface area contributed by atoms with Crippen LogP contribution in [0.2, 0.25) is 0 Å². The first-order valence-corrected chi connectivity index (χ1v) is 7.77. The monoisotopic (exact) mass is 294 g/mol. The molecule has 0 spiro atoms. The van der Waals surface area contributed by atoms with Gasteiger partial charge in [0.1, 0.15) is 5.76 Å². The fraction of sp³-hybridized carbons (Fsp3) is 0.733. The molecule has 1 aromatic rings. The Morgan fingerprint density at radius 2 is 2.33 bits per heavy atom. The van der Waals surface area contributed by atoms with Gasteiger partial charge in [-0.25, -0.2) is 0 Å². The van der Waals surface area contributed by atoms with Gasteiger partial charge in [-0.15, -0.1) is 0 Å². The maximum atomic E-state index is 11.8. The molecule has 3 rings (SSSR count). The van der Waals surface area contributed by atoms with Crippen LogP contribution < -0.4 is 5.32 Å². The molecular weight excluding hydrogens is 272 g/mol. The molecule has 116 valence electrons. The average molecular weight is 294 g/mol. The first-order chi connectivity index (χ1) is 10.3. The summed E-state index contributed by atoms with van der Waals surface area (Å²) in [4.78, 5) is 11.8. The fourth-order valence-electron chi connectivity index (χ4n) is 2.41. The van der Waals surface area contributed by atoms with Crippen LogP contribution in [0.15, 0.2) is 10.6 Å². The molecule has 1 aliphatic heterocycles. The summed E-state index contributed by atoms with van der Waals surface area (Å²) in [5.74, 6) is 1.13. The topological polar surface area (TPSA) is 73.6 Å². The van der Waals surface area contributed by atoms with Crippen LogP contribution in [0.1, 0.15) is 54.3 Å². The quantitative estimate of drug-likeness (QED) is 0.741. The van der Waals surface area contributed by atoms with Crippen LogP contribution in [-0.4, -0.2) is 43.5 Å². The van der Waals surface area contributed by atoms with Crippen molar-refractivity contribution in [3.63, 3.8) is 0 Å². The molecule has 6 nitrogen and oxygen atoms in total. The third-order valence-corrected chi connectivity index (χ3v) is 3.82. The average Bonchev–Trinajstić information content (AvgIpc) is 3.02. The zero-order chi connectivity index (χ0) is 14.5. The van der Waals surface area contributed by atoms with Crippen LogP contribution in [0.5, 0.6) is 0 Å². The SMILES string of the molecule is O=C(NCCCOCC1CCCO1)c1cc(C2CC2)on1. The van der Waals surface area contributed by atoms with Gasteiger partial charge in [0.05, 0.1) is 12.7 Å². The Bertz CT molecular complexity index is 464. The van der Waals surface area contributed by atoms with Crippen LogP contribution in [-0.2, 0) is 9.47 Å². The zero-order valence-electron chi connectivity index (χ0n) is 12.2. The number of ether oxygens (including phenoxy) is 2. The summed E-state index contributed by atoms with van der Waals surface area (Å²) in [6, 6.07) is 1.75. The van der Waals surface area contributed by atoms with Crippen molar-refractivity contribution in [3.8, 4) is 0 Å². The lowest BCUT2D eigenvalue weighted by Gasteiger charge is -2.09. The lowest BCUT2D eigenvalue weighted by molar-refractivity contribution is 0.0166. The second kappa shape index (κ2) is 7.04. The third kappa shape index (κ3) is 4.28. The molecule has 6 heteroatoms. The van der Waals surface area contributed by atoms with Gasteiger partial charge >= 0.3 is 0 Å². The maximum absolute atomic E-state index is 11.8. The number of aromatic nitrogens is 1. The van der Waals surface area contributed by atoms with Crippen molar-refractivity contribution in [1.82, 2.24) is 10.5 Å². The molecule has 1 saturated carbocycles. The number of carbonyl (C=O) groups is 1. The Morgan fingerprint density at radius 1 is 1.43 bits per heavy atom. The van der Waals surface area contributed by atoms with Gasteiger partial charge in [0, 0.05) is 31.7 Å². The zero-order valence-corrected chi connectivity index (χ0v) is 12.2. The van der Waals surface area contributed by atoms with Crippen LogP contribution in [0.25, 0.3) is 0 Å². The van der Waals surface area contributed by atoms with Gasteiger partial charge in [0.2, 0.25) is 0 Å². The van der Waals surface area contributed by atoms with Crippen molar-refractivity contribution in [3.05, 3.63) is 17.5 Å². The van der Waals surface area contributed by atoms with E-state index in [9.17, 15) is 4.79 Å². The Kier molecular flexibility index (Phi) is 4.87. The van der Waals surface area contributed by atoms with Crippen LogP contribution in [0.4, 0.5) is 0 Å². The highest BCUT2D eigenvalue weighted by molar-refractivity contribution is 5.92. The standard InChI is InChI=1S/C15H22N2O4/c18-15(13-9-14(21-17-13)11-4-5-11)16-6-2-7-19-10-12-3-1-8-20-12/h9,11-12H,1-8,10H2,(H,16,18). The van der Waals surface area contributed by atoms with E-state index in [2.05, 4.69) is 10.5 Å². The second-order valence-electron chi connectivity index (χ2n) is 5.71. The number of nitrogens with zero attached hydrogens (tertiary/aromatic N) is 1. The summed E-state index contributed by atoms with van der Waals surface area (Å²) < 4.78 is 16.2. The summed E-state index contributed by atoms with van der Waals surface area (Å²) in [5.41, 5.74) is 0.372. The van der Waals surface area contributed by atoms with Crippen molar-refractivity contribution < 1.29 is 18.8 Å². The molecule has 2 heterocycles. The van der Waals surface area contributed by atoms with Gasteiger partial charge in [-0.05, 0) is 32.1 Å². The van der Waals surface area contributed by atoms with Crippen molar-refractivity contribution in [2.45, 2.75) is 44.1 Å². The minimum absolute atomic E-state index is 0.176. The summed E-state index contributed by atoms with van der Waals surface area (Å²) in [7, 11) is 0. The highest BCUT2D eigenvalue weighted by Gasteiger charge is 2.28. The smallest absolute Gasteiger partial charge is 0.273 e. The number of carbonyl (C=O) groups excluding carboxylic acids is 1. The molecular formula is C15H22N2O4. The molecule has 1 saturated heterocycles. The first kappa shape index (κ1) is 14.5. The van der Waals surface area contributed by atoms with Gasteiger partial charge in [-0.3, -0.25) is 4.79 Å². The Morgan fingerprint density at radius 3 is 3.10 bits per heavy atom. The van der Waals surface area contributed by atoms with Crippen molar-refractivity contribution in [1.29, 1.82) is 0 Å². The Labute approximate surface area is 124 Å². The molecule has 2 aliphatic rings. The molecule has 21 heavy (non-hydrogen) atoms. The molecule has 1 atom stereocenters. The molecule has 0 aromatic carbocycles. The second-order valence-corrected chi connectivity index (χ2v) is 5.71. The molecule has 1 aliphatic carbocycles. The molecule has 0 radical (unpaired) electrons. The minimum Gasteiger partial charge on any atom is -0.379 e. The molecule has 0 bridgehead atoms. The van der Waals surface area contributed by atoms with Crippen LogP contribution in [0.3, 0.4) is 0 Å². The summed E-state index contributed by atoms with van der Waals surface area (Å²) in [5, 5.41) is 6.64. The predicted molar refractivity (Wildman–Crippen MR) is 75.2 cm³/mol. The molecule has 1 unspecified atom stereocenters. The lowest BCUT2D eigenvalue weighted by atomic mass is 10.2. The lowest BCUT2D eigenvalue weighted by Crippen LogP contribution is -2.26. The summed E-state index contributed by atoms with van der Waals surface area (Å²) >= 11 is 0. The van der Waals surface area contributed by atoms with Gasteiger partial charge in [0.25, 0.3) is 5.91 Å². The molecule has 2 fully saturated rings. The number of nitrogens with one attached hydrogen (secondary N) is 1. The van der Waals surface area contributed by atoms with E-state index in [1.165, 1.54) is 0 Å². The maximum Gasteiger partial charge on any atom is 0.273 e. The number of hydrogen-bond donors (Lipinski definition) is 1.